The van der Waals surface area contributed by atoms with Crippen LogP contribution in [0, 0.1) is 0 Å². The summed E-state index contributed by atoms with van der Waals surface area (Å²) < 4.78 is 24.8. The van der Waals surface area contributed by atoms with E-state index in [0.29, 0.717) is 0 Å². The first-order chi connectivity index (χ1) is 11.1. The van der Waals surface area contributed by atoms with Crippen molar-refractivity contribution in [2.45, 2.75) is 58.4 Å². The van der Waals surface area contributed by atoms with Gasteiger partial charge in [0.15, 0.2) is 18.3 Å². The summed E-state index contributed by atoms with van der Waals surface area (Å²) in [4.78, 5) is 44.8. The van der Waals surface area contributed by atoms with Gasteiger partial charge in [0.25, 0.3) is 0 Å². The molecule has 1 saturated heterocycles. The van der Waals surface area contributed by atoms with Gasteiger partial charge in [0.1, 0.15) is 12.7 Å². The van der Waals surface area contributed by atoms with Crippen LogP contribution in [0.4, 0.5) is 0 Å². The van der Waals surface area contributed by atoms with Gasteiger partial charge in [-0.25, -0.2) is 0 Å². The molecule has 0 saturated carbocycles. The van der Waals surface area contributed by atoms with E-state index in [1.807, 2.05) is 0 Å². The van der Waals surface area contributed by atoms with E-state index in [1.165, 1.54) is 0 Å². The zero-order chi connectivity index (χ0) is 18.4. The predicted octanol–water partition coefficient (Wildman–Crippen LogP) is -1.57. The average molecular weight is 347 g/mol. The summed E-state index contributed by atoms with van der Waals surface area (Å²) >= 11 is 0. The summed E-state index contributed by atoms with van der Waals surface area (Å²) in [7, 11) is 0. The van der Waals surface area contributed by atoms with Crippen LogP contribution < -0.4 is 5.11 Å². The predicted molar refractivity (Wildman–Crippen MR) is 72.0 cm³/mol. The van der Waals surface area contributed by atoms with Crippen molar-refractivity contribution in [2.75, 3.05) is 6.61 Å². The van der Waals surface area contributed by atoms with Crippen LogP contribution in [0.2, 0.25) is 0 Å². The molecule has 10 heteroatoms. The van der Waals surface area contributed by atoms with Gasteiger partial charge < -0.3 is 28.8 Å². The SMILES string of the molecule is CC(=O)OC[C@H]1O[C@@H]([O-])[C@H](OC(C)=O)[C@@H](OC(C)=O)[C@H]1OC(C)=O. The minimum atomic E-state index is -1.93. The van der Waals surface area contributed by atoms with Crippen LogP contribution in [0.1, 0.15) is 27.7 Å². The van der Waals surface area contributed by atoms with Crippen LogP contribution in [0.3, 0.4) is 0 Å². The number of carbonyl (C=O) groups excluding carboxylic acids is 4. The molecule has 0 amide bonds. The van der Waals surface area contributed by atoms with Crippen LogP contribution in [0.5, 0.6) is 0 Å². The lowest BCUT2D eigenvalue weighted by Gasteiger charge is -2.47. The summed E-state index contributed by atoms with van der Waals surface area (Å²) in [6, 6.07) is 0. The molecule has 0 aliphatic carbocycles. The highest BCUT2D eigenvalue weighted by Crippen LogP contribution is 2.27. The number of carbonyl (C=O) groups is 4. The second-order valence-corrected chi connectivity index (χ2v) is 5.07. The number of rotatable bonds is 5. The second-order valence-electron chi connectivity index (χ2n) is 5.07. The third-order valence-electron chi connectivity index (χ3n) is 2.95. The molecule has 0 aromatic rings. The smallest absolute Gasteiger partial charge is 0.303 e. The van der Waals surface area contributed by atoms with Gasteiger partial charge in [-0.2, -0.15) is 0 Å². The molecule has 1 heterocycles. The van der Waals surface area contributed by atoms with E-state index in [-0.39, 0.29) is 0 Å². The van der Waals surface area contributed by atoms with E-state index >= 15 is 0 Å². The van der Waals surface area contributed by atoms with E-state index in [2.05, 4.69) is 0 Å². The van der Waals surface area contributed by atoms with E-state index in [4.69, 9.17) is 23.7 Å². The highest BCUT2D eigenvalue weighted by molar-refractivity contribution is 5.68. The molecular formula is C14H19O10-. The average Bonchev–Trinajstić information content (AvgIpc) is 2.42. The van der Waals surface area contributed by atoms with Crippen LogP contribution in [0.15, 0.2) is 0 Å². The topological polar surface area (TPSA) is 137 Å². The standard InChI is InChI=1S/C14H19O10/c1-6(15)20-5-10-11(21-7(2)16)12(22-8(3)17)13(14(19)24-10)23-9(4)18/h10-14H,5H2,1-4H3/q-1/t10-,11+,12+,13-,14-/m1/s1. The fourth-order valence-corrected chi connectivity index (χ4v) is 2.19. The maximum atomic E-state index is 12.1. The van der Waals surface area contributed by atoms with Gasteiger partial charge in [-0.05, 0) is 0 Å². The third-order valence-corrected chi connectivity index (χ3v) is 2.95. The summed E-state index contributed by atoms with van der Waals surface area (Å²) in [5.41, 5.74) is 0. The molecule has 10 nitrogen and oxygen atoms in total. The molecule has 1 fully saturated rings. The minimum absolute atomic E-state index is 0.406. The molecule has 0 aromatic heterocycles. The Bertz CT molecular complexity index is 502. The van der Waals surface area contributed by atoms with Crippen molar-refractivity contribution in [1.29, 1.82) is 0 Å². The lowest BCUT2D eigenvalue weighted by Crippen LogP contribution is -2.65. The van der Waals surface area contributed by atoms with Gasteiger partial charge in [-0.1, -0.05) is 0 Å². The lowest BCUT2D eigenvalue weighted by atomic mass is 9.98. The molecule has 5 atom stereocenters. The Balaban J connectivity index is 3.11. The molecule has 24 heavy (non-hydrogen) atoms. The van der Waals surface area contributed by atoms with E-state index in [9.17, 15) is 24.3 Å². The summed E-state index contributed by atoms with van der Waals surface area (Å²) in [6.07, 6.45) is -7.32. The van der Waals surface area contributed by atoms with Crippen molar-refractivity contribution in [3.8, 4) is 0 Å². The van der Waals surface area contributed by atoms with Gasteiger partial charge in [0, 0.05) is 34.0 Å². The second kappa shape index (κ2) is 8.60. The fourth-order valence-electron chi connectivity index (χ4n) is 2.19. The van der Waals surface area contributed by atoms with Crippen molar-refractivity contribution in [1.82, 2.24) is 0 Å². The largest absolute Gasteiger partial charge is 0.828 e. The van der Waals surface area contributed by atoms with Crippen molar-refractivity contribution in [3.05, 3.63) is 0 Å². The lowest BCUT2D eigenvalue weighted by molar-refractivity contribution is -0.531. The molecule has 0 spiro atoms. The van der Waals surface area contributed by atoms with Crippen molar-refractivity contribution < 1.29 is 48.0 Å². The molecule has 0 bridgehead atoms. The highest BCUT2D eigenvalue weighted by atomic mass is 16.7. The summed E-state index contributed by atoms with van der Waals surface area (Å²) in [6.45, 7) is 3.97. The Morgan fingerprint density at radius 2 is 1.25 bits per heavy atom. The molecule has 0 radical (unpaired) electrons. The minimum Gasteiger partial charge on any atom is -0.828 e. The maximum Gasteiger partial charge on any atom is 0.303 e. The Hall–Kier alpha value is -2.20. The van der Waals surface area contributed by atoms with Gasteiger partial charge in [0.05, 0.1) is 0 Å². The molecule has 1 aliphatic rings. The van der Waals surface area contributed by atoms with Crippen LogP contribution in [0.25, 0.3) is 0 Å². The third kappa shape index (κ3) is 5.78. The van der Waals surface area contributed by atoms with Crippen molar-refractivity contribution in [3.63, 3.8) is 0 Å². The molecular weight excluding hydrogens is 328 g/mol. The molecule has 1 rings (SSSR count). The normalized spacial score (nSPS) is 29.3. The first kappa shape index (κ1) is 19.8. The number of hydrogen-bond acceptors (Lipinski definition) is 10. The van der Waals surface area contributed by atoms with Gasteiger partial charge in [-0.3, -0.25) is 19.2 Å². The van der Waals surface area contributed by atoms with Gasteiger partial charge in [-0.15, -0.1) is 0 Å². The summed E-state index contributed by atoms with van der Waals surface area (Å²) in [5.74, 6) is -2.98. The van der Waals surface area contributed by atoms with Gasteiger partial charge >= 0.3 is 23.9 Å². The van der Waals surface area contributed by atoms with Crippen LogP contribution in [-0.4, -0.2) is 61.2 Å². The maximum absolute atomic E-state index is 12.1. The molecule has 0 unspecified atom stereocenters. The highest BCUT2D eigenvalue weighted by Gasteiger charge is 2.48. The van der Waals surface area contributed by atoms with Gasteiger partial charge in [0.2, 0.25) is 0 Å². The Morgan fingerprint density at radius 3 is 1.71 bits per heavy atom. The molecule has 1 aliphatic heterocycles. The summed E-state index contributed by atoms with van der Waals surface area (Å²) in [5, 5.41) is 12.1. The zero-order valence-electron chi connectivity index (χ0n) is 13.7. The van der Waals surface area contributed by atoms with E-state index in [0.717, 1.165) is 27.7 Å². The Morgan fingerprint density at radius 1 is 0.792 bits per heavy atom. The molecule has 0 aromatic carbocycles. The fraction of sp³-hybridized carbons (Fsp3) is 0.714. The Kier molecular flexibility index (Phi) is 7.11. The number of hydrogen-bond donors (Lipinski definition) is 0. The zero-order valence-corrected chi connectivity index (χ0v) is 13.7. The number of ether oxygens (including phenoxy) is 5. The van der Waals surface area contributed by atoms with Crippen LogP contribution in [-0.2, 0) is 42.9 Å². The van der Waals surface area contributed by atoms with E-state index in [1.54, 1.807) is 0 Å². The quantitative estimate of drug-likeness (QED) is 0.423. The monoisotopic (exact) mass is 347 g/mol. The van der Waals surface area contributed by atoms with Crippen molar-refractivity contribution >= 4 is 23.9 Å². The molecule has 0 N–H and O–H groups in total. The first-order valence-electron chi connectivity index (χ1n) is 7.08. The Labute approximate surface area is 137 Å². The van der Waals surface area contributed by atoms with Crippen molar-refractivity contribution in [2.24, 2.45) is 0 Å². The number of esters is 4. The van der Waals surface area contributed by atoms with Crippen LogP contribution >= 0.6 is 0 Å². The first-order valence-corrected chi connectivity index (χ1v) is 7.08. The molecule has 136 valence electrons. The van der Waals surface area contributed by atoms with E-state index < -0.39 is 61.2 Å².